The van der Waals surface area contributed by atoms with Gasteiger partial charge in [-0.1, -0.05) is 0 Å². The number of amides is 2. The minimum atomic E-state index is -0.563. The third-order valence-corrected chi connectivity index (χ3v) is 4.95. The van der Waals surface area contributed by atoms with Crippen molar-refractivity contribution in [3.05, 3.63) is 34.9 Å². The Bertz CT molecular complexity index is 731. The largest absolute Gasteiger partial charge is 0.461 e. The molecule has 0 spiro atoms. The van der Waals surface area contributed by atoms with E-state index in [-0.39, 0.29) is 11.8 Å². The number of furan rings is 1. The lowest BCUT2D eigenvalue weighted by molar-refractivity contribution is -0.136. The van der Waals surface area contributed by atoms with Crippen molar-refractivity contribution in [3.63, 3.8) is 0 Å². The van der Waals surface area contributed by atoms with Gasteiger partial charge in [-0.05, 0) is 38.1 Å². The summed E-state index contributed by atoms with van der Waals surface area (Å²) in [5.74, 6) is 1.25. The standard InChI is InChI=1S/C17H20N2O4S/c1-11-3-4-13(23-11)14-5-6-15(24-14)16(20)18-12(2)17(21)19-7-9-22-10-8-19/h3-6,12H,7-10H2,1-2H3,(H,18,20)/t12-/m0/s1. The van der Waals surface area contributed by atoms with Crippen LogP contribution in [0.1, 0.15) is 22.4 Å². The maximum atomic E-state index is 12.4. The van der Waals surface area contributed by atoms with Crippen molar-refractivity contribution >= 4 is 23.2 Å². The number of nitrogens with one attached hydrogen (secondary N) is 1. The number of morpholine rings is 1. The molecule has 0 aromatic carbocycles. The van der Waals surface area contributed by atoms with Crippen LogP contribution in [0.2, 0.25) is 0 Å². The van der Waals surface area contributed by atoms with Crippen LogP contribution < -0.4 is 5.32 Å². The molecular formula is C17H20N2O4S. The van der Waals surface area contributed by atoms with E-state index in [0.717, 1.165) is 16.4 Å². The van der Waals surface area contributed by atoms with E-state index in [4.69, 9.17) is 9.15 Å². The van der Waals surface area contributed by atoms with E-state index in [1.54, 1.807) is 17.9 Å². The third kappa shape index (κ3) is 3.68. The molecule has 0 saturated carbocycles. The van der Waals surface area contributed by atoms with Gasteiger partial charge in [-0.2, -0.15) is 0 Å². The topological polar surface area (TPSA) is 71.8 Å². The zero-order chi connectivity index (χ0) is 17.1. The third-order valence-electron chi connectivity index (χ3n) is 3.85. The number of carbonyl (C=O) groups excluding carboxylic acids is 2. The number of hydrogen-bond donors (Lipinski definition) is 1. The second kappa shape index (κ2) is 7.19. The molecule has 2 amide bonds. The Kier molecular flexibility index (Phi) is 5.01. The van der Waals surface area contributed by atoms with Gasteiger partial charge in [0.2, 0.25) is 5.91 Å². The van der Waals surface area contributed by atoms with Gasteiger partial charge >= 0.3 is 0 Å². The van der Waals surface area contributed by atoms with Gasteiger partial charge in [0.15, 0.2) is 0 Å². The lowest BCUT2D eigenvalue weighted by Gasteiger charge is -2.29. The number of hydrogen-bond acceptors (Lipinski definition) is 5. The van der Waals surface area contributed by atoms with Gasteiger partial charge in [-0.15, -0.1) is 11.3 Å². The molecule has 2 aromatic heterocycles. The molecule has 1 aliphatic heterocycles. The summed E-state index contributed by atoms with van der Waals surface area (Å²) in [5.41, 5.74) is 0. The summed E-state index contributed by atoms with van der Waals surface area (Å²) in [4.78, 5) is 27.9. The molecule has 128 valence electrons. The fourth-order valence-electron chi connectivity index (χ4n) is 2.55. The molecule has 3 rings (SSSR count). The van der Waals surface area contributed by atoms with E-state index in [9.17, 15) is 9.59 Å². The van der Waals surface area contributed by atoms with Crippen LogP contribution in [0.3, 0.4) is 0 Å². The lowest BCUT2D eigenvalue weighted by Crippen LogP contribution is -2.50. The Morgan fingerprint density at radius 3 is 2.62 bits per heavy atom. The number of ether oxygens (including phenoxy) is 1. The van der Waals surface area contributed by atoms with Crippen LogP contribution in [-0.4, -0.2) is 49.1 Å². The summed E-state index contributed by atoms with van der Waals surface area (Å²) in [7, 11) is 0. The highest BCUT2D eigenvalue weighted by atomic mass is 32.1. The molecule has 1 atom stereocenters. The molecule has 0 bridgehead atoms. The highest BCUT2D eigenvalue weighted by Gasteiger charge is 2.24. The molecule has 1 aliphatic rings. The van der Waals surface area contributed by atoms with Crippen molar-refractivity contribution in [1.29, 1.82) is 0 Å². The van der Waals surface area contributed by atoms with Crippen molar-refractivity contribution in [1.82, 2.24) is 10.2 Å². The predicted molar refractivity (Wildman–Crippen MR) is 91.1 cm³/mol. The van der Waals surface area contributed by atoms with Gasteiger partial charge in [0, 0.05) is 13.1 Å². The average Bonchev–Trinajstić information content (AvgIpc) is 3.23. The second-order valence-corrected chi connectivity index (χ2v) is 6.79. The number of aryl methyl sites for hydroxylation is 1. The van der Waals surface area contributed by atoms with Crippen molar-refractivity contribution in [2.75, 3.05) is 26.3 Å². The first kappa shape index (κ1) is 16.7. The number of carbonyl (C=O) groups is 2. The fourth-order valence-corrected chi connectivity index (χ4v) is 3.42. The first-order valence-electron chi connectivity index (χ1n) is 7.88. The van der Waals surface area contributed by atoms with Gasteiger partial charge in [0.1, 0.15) is 17.6 Å². The highest BCUT2D eigenvalue weighted by Crippen LogP contribution is 2.29. The molecule has 1 N–H and O–H groups in total. The Labute approximate surface area is 144 Å². The fraction of sp³-hybridized carbons (Fsp3) is 0.412. The normalized spacial score (nSPS) is 16.0. The van der Waals surface area contributed by atoms with Gasteiger partial charge in [0.25, 0.3) is 5.91 Å². The van der Waals surface area contributed by atoms with Crippen LogP contribution in [-0.2, 0) is 9.53 Å². The summed E-state index contributed by atoms with van der Waals surface area (Å²) in [6.45, 7) is 5.82. The molecule has 2 aromatic rings. The molecule has 0 radical (unpaired) electrons. The molecule has 3 heterocycles. The summed E-state index contributed by atoms with van der Waals surface area (Å²) in [6, 6.07) is 6.81. The zero-order valence-corrected chi connectivity index (χ0v) is 14.5. The van der Waals surface area contributed by atoms with Crippen LogP contribution in [0.25, 0.3) is 10.6 Å². The maximum absolute atomic E-state index is 12.4. The Morgan fingerprint density at radius 1 is 1.21 bits per heavy atom. The number of nitrogens with zero attached hydrogens (tertiary/aromatic N) is 1. The minimum absolute atomic E-state index is 0.0786. The van der Waals surface area contributed by atoms with Crippen LogP contribution in [0.5, 0.6) is 0 Å². The number of rotatable bonds is 4. The minimum Gasteiger partial charge on any atom is -0.461 e. The van der Waals surface area contributed by atoms with E-state index in [1.165, 1.54) is 11.3 Å². The Morgan fingerprint density at radius 2 is 1.96 bits per heavy atom. The molecule has 6 nitrogen and oxygen atoms in total. The molecule has 24 heavy (non-hydrogen) atoms. The van der Waals surface area contributed by atoms with Crippen LogP contribution >= 0.6 is 11.3 Å². The van der Waals surface area contributed by atoms with Crippen LogP contribution in [0.4, 0.5) is 0 Å². The maximum Gasteiger partial charge on any atom is 0.262 e. The van der Waals surface area contributed by atoms with Crippen molar-refractivity contribution in [2.45, 2.75) is 19.9 Å². The van der Waals surface area contributed by atoms with Crippen molar-refractivity contribution in [3.8, 4) is 10.6 Å². The van der Waals surface area contributed by atoms with Crippen molar-refractivity contribution in [2.24, 2.45) is 0 Å². The Hall–Kier alpha value is -2.12. The molecular weight excluding hydrogens is 328 g/mol. The van der Waals surface area contributed by atoms with Crippen LogP contribution in [0, 0.1) is 6.92 Å². The van der Waals surface area contributed by atoms with Crippen LogP contribution in [0.15, 0.2) is 28.7 Å². The zero-order valence-electron chi connectivity index (χ0n) is 13.7. The first-order chi connectivity index (χ1) is 11.5. The summed E-state index contributed by atoms with van der Waals surface area (Å²) in [6.07, 6.45) is 0. The van der Waals surface area contributed by atoms with E-state index in [2.05, 4.69) is 5.32 Å². The van der Waals surface area contributed by atoms with E-state index >= 15 is 0 Å². The van der Waals surface area contributed by atoms with Gasteiger partial charge < -0.3 is 19.4 Å². The van der Waals surface area contributed by atoms with Gasteiger partial charge in [-0.3, -0.25) is 9.59 Å². The SMILES string of the molecule is Cc1ccc(-c2ccc(C(=O)N[C@@H](C)C(=O)N3CCOCC3)s2)o1. The van der Waals surface area contributed by atoms with Gasteiger partial charge in [0.05, 0.1) is 23.0 Å². The lowest BCUT2D eigenvalue weighted by atomic mass is 10.2. The molecule has 1 saturated heterocycles. The van der Waals surface area contributed by atoms with Gasteiger partial charge in [-0.25, -0.2) is 0 Å². The first-order valence-corrected chi connectivity index (χ1v) is 8.70. The molecule has 7 heteroatoms. The monoisotopic (exact) mass is 348 g/mol. The average molecular weight is 348 g/mol. The van der Waals surface area contributed by atoms with E-state index < -0.39 is 6.04 Å². The van der Waals surface area contributed by atoms with Crippen molar-refractivity contribution < 1.29 is 18.7 Å². The quantitative estimate of drug-likeness (QED) is 0.920. The number of thiophene rings is 1. The smallest absolute Gasteiger partial charge is 0.262 e. The molecule has 0 unspecified atom stereocenters. The molecule has 0 aliphatic carbocycles. The highest BCUT2D eigenvalue weighted by molar-refractivity contribution is 7.17. The molecule has 1 fully saturated rings. The Balaban J connectivity index is 1.62. The van der Waals surface area contributed by atoms with E-state index in [1.807, 2.05) is 25.1 Å². The predicted octanol–water partition coefficient (Wildman–Crippen LogP) is 2.29. The van der Waals surface area contributed by atoms with E-state index in [0.29, 0.717) is 31.2 Å². The second-order valence-electron chi connectivity index (χ2n) is 5.71. The summed E-state index contributed by atoms with van der Waals surface area (Å²) >= 11 is 1.35. The summed E-state index contributed by atoms with van der Waals surface area (Å²) in [5, 5.41) is 2.77. The summed E-state index contributed by atoms with van der Waals surface area (Å²) < 4.78 is 10.8.